The number of carbonyl (C=O) groups is 3. The predicted molar refractivity (Wildman–Crippen MR) is 121 cm³/mol. The molecule has 2 amide bonds. The van der Waals surface area contributed by atoms with Gasteiger partial charge in [-0.1, -0.05) is 47.0 Å². The maximum absolute atomic E-state index is 13.4. The number of ketones is 1. The summed E-state index contributed by atoms with van der Waals surface area (Å²) in [6, 6.07) is 12.2. The third-order valence-electron chi connectivity index (χ3n) is 5.39. The number of rotatable bonds is 7. The number of aliphatic carboxylic acids is 1. The van der Waals surface area contributed by atoms with E-state index in [1.165, 1.54) is 6.92 Å². The standard InChI is InChI=1S/C23H24Cl2N2O4/c1-15-3-7-19(8-4-15)27-14-23(10-16(2)28,11-21(29)30)13-26(22(27)31)12-17-5-6-18(24)9-20(17)25/h3-9H,10-14H2,1-2H3,(H,29,30). The summed E-state index contributed by atoms with van der Waals surface area (Å²) in [5.41, 5.74) is 1.46. The average Bonchev–Trinajstić information content (AvgIpc) is 2.66. The summed E-state index contributed by atoms with van der Waals surface area (Å²) < 4.78 is 0. The number of carboxylic acid groups (broad SMARTS) is 1. The van der Waals surface area contributed by atoms with Crippen molar-refractivity contribution in [3.05, 3.63) is 63.6 Å². The largest absolute Gasteiger partial charge is 0.481 e. The van der Waals surface area contributed by atoms with E-state index in [1.54, 1.807) is 28.0 Å². The van der Waals surface area contributed by atoms with Gasteiger partial charge in [0.25, 0.3) is 0 Å². The van der Waals surface area contributed by atoms with Gasteiger partial charge in [-0.3, -0.25) is 9.69 Å². The van der Waals surface area contributed by atoms with Gasteiger partial charge < -0.3 is 14.8 Å². The number of nitrogens with zero attached hydrogens (tertiary/aromatic N) is 2. The van der Waals surface area contributed by atoms with Crippen molar-refractivity contribution < 1.29 is 19.5 Å². The van der Waals surface area contributed by atoms with Crippen LogP contribution in [0.3, 0.4) is 0 Å². The molecular weight excluding hydrogens is 439 g/mol. The zero-order chi connectivity index (χ0) is 22.8. The number of halogens is 2. The monoisotopic (exact) mass is 462 g/mol. The Balaban J connectivity index is 2.02. The van der Waals surface area contributed by atoms with E-state index in [2.05, 4.69) is 0 Å². The number of carbonyl (C=O) groups excluding carboxylic acids is 2. The fourth-order valence-corrected chi connectivity index (χ4v) is 4.61. The van der Waals surface area contributed by atoms with Gasteiger partial charge in [-0.2, -0.15) is 0 Å². The van der Waals surface area contributed by atoms with Crippen LogP contribution in [0.25, 0.3) is 0 Å². The second-order valence-electron chi connectivity index (χ2n) is 8.25. The van der Waals surface area contributed by atoms with Gasteiger partial charge in [-0.25, -0.2) is 4.79 Å². The number of hydrogen-bond acceptors (Lipinski definition) is 3. The molecule has 3 rings (SSSR count). The van der Waals surface area contributed by atoms with Crippen LogP contribution in [-0.4, -0.2) is 40.9 Å². The first-order valence-corrected chi connectivity index (χ1v) is 10.6. The molecule has 2 aromatic carbocycles. The zero-order valence-corrected chi connectivity index (χ0v) is 18.9. The second kappa shape index (κ2) is 9.28. The molecule has 1 atom stereocenters. The highest BCUT2D eigenvalue weighted by molar-refractivity contribution is 6.35. The topological polar surface area (TPSA) is 77.9 Å². The molecule has 1 aliphatic rings. The molecule has 1 N–H and O–H groups in total. The predicted octanol–water partition coefficient (Wildman–Crippen LogP) is 5.18. The van der Waals surface area contributed by atoms with Crippen LogP contribution >= 0.6 is 23.2 Å². The molecule has 0 aliphatic carbocycles. The summed E-state index contributed by atoms with van der Waals surface area (Å²) in [5.74, 6) is -1.13. The number of aryl methyl sites for hydroxylation is 1. The molecule has 1 fully saturated rings. The first-order valence-electron chi connectivity index (χ1n) is 9.87. The molecule has 8 heteroatoms. The van der Waals surface area contributed by atoms with Crippen molar-refractivity contribution in [1.82, 2.24) is 4.90 Å². The van der Waals surface area contributed by atoms with Crippen LogP contribution in [0.15, 0.2) is 42.5 Å². The molecule has 0 bridgehead atoms. The summed E-state index contributed by atoms with van der Waals surface area (Å²) in [4.78, 5) is 40.3. The molecule has 31 heavy (non-hydrogen) atoms. The third-order valence-corrected chi connectivity index (χ3v) is 5.98. The number of urea groups is 1. The Morgan fingerprint density at radius 1 is 1.06 bits per heavy atom. The molecule has 1 heterocycles. The first-order chi connectivity index (χ1) is 14.6. The number of benzene rings is 2. The number of anilines is 1. The summed E-state index contributed by atoms with van der Waals surface area (Å²) in [5, 5.41) is 10.5. The van der Waals surface area contributed by atoms with Gasteiger partial charge in [0.2, 0.25) is 0 Å². The first kappa shape index (κ1) is 23.1. The molecule has 0 saturated carbocycles. The minimum absolute atomic E-state index is 0.0553. The van der Waals surface area contributed by atoms with Crippen LogP contribution in [0.1, 0.15) is 30.9 Å². The van der Waals surface area contributed by atoms with Crippen LogP contribution in [0.2, 0.25) is 10.0 Å². The van der Waals surface area contributed by atoms with Gasteiger partial charge in [0.1, 0.15) is 5.78 Å². The van der Waals surface area contributed by atoms with Crippen LogP contribution in [0.4, 0.5) is 10.5 Å². The van der Waals surface area contributed by atoms with Crippen LogP contribution < -0.4 is 4.90 Å². The van der Waals surface area contributed by atoms with E-state index in [4.69, 9.17) is 23.2 Å². The Labute approximate surface area is 191 Å². The maximum Gasteiger partial charge on any atom is 0.324 e. The van der Waals surface area contributed by atoms with Gasteiger partial charge in [-0.05, 0) is 43.7 Å². The van der Waals surface area contributed by atoms with Crippen molar-refractivity contribution in [2.45, 2.75) is 33.2 Å². The number of hydrogen-bond donors (Lipinski definition) is 1. The van der Waals surface area contributed by atoms with Gasteiger partial charge in [0.15, 0.2) is 0 Å². The molecule has 0 aromatic heterocycles. The van der Waals surface area contributed by atoms with Crippen LogP contribution in [-0.2, 0) is 16.1 Å². The number of carboxylic acids is 1. The molecule has 2 aromatic rings. The lowest BCUT2D eigenvalue weighted by molar-refractivity contribution is -0.140. The number of amides is 2. The van der Waals surface area contributed by atoms with Crippen LogP contribution in [0.5, 0.6) is 0 Å². The van der Waals surface area contributed by atoms with Crippen molar-refractivity contribution in [3.63, 3.8) is 0 Å². The lowest BCUT2D eigenvalue weighted by Gasteiger charge is -2.47. The van der Waals surface area contributed by atoms with E-state index in [-0.39, 0.29) is 44.3 Å². The summed E-state index contributed by atoms with van der Waals surface area (Å²) >= 11 is 12.3. The quantitative estimate of drug-likeness (QED) is 0.614. The van der Waals surface area contributed by atoms with E-state index >= 15 is 0 Å². The van der Waals surface area contributed by atoms with E-state index in [0.717, 1.165) is 5.56 Å². The highest BCUT2D eigenvalue weighted by atomic mass is 35.5. The average molecular weight is 463 g/mol. The molecule has 0 spiro atoms. The molecule has 0 radical (unpaired) electrons. The summed E-state index contributed by atoms with van der Waals surface area (Å²) in [6.07, 6.45) is -0.174. The SMILES string of the molecule is CC(=O)CC1(CC(=O)O)CN(Cc2ccc(Cl)cc2Cl)C(=O)N(c2ccc(C)cc2)C1. The van der Waals surface area contributed by atoms with Crippen molar-refractivity contribution in [1.29, 1.82) is 0 Å². The molecule has 6 nitrogen and oxygen atoms in total. The lowest BCUT2D eigenvalue weighted by atomic mass is 9.77. The van der Waals surface area contributed by atoms with E-state index in [1.807, 2.05) is 31.2 Å². The smallest absolute Gasteiger partial charge is 0.324 e. The fraction of sp³-hybridized carbons (Fsp3) is 0.348. The molecular formula is C23H24Cl2N2O4. The highest BCUT2D eigenvalue weighted by Crippen LogP contribution is 2.37. The zero-order valence-electron chi connectivity index (χ0n) is 17.4. The van der Waals surface area contributed by atoms with Gasteiger partial charge in [0.05, 0.1) is 6.42 Å². The normalized spacial score (nSPS) is 18.9. The van der Waals surface area contributed by atoms with Crippen molar-refractivity contribution in [2.75, 3.05) is 18.0 Å². The van der Waals surface area contributed by atoms with Crippen molar-refractivity contribution in [3.8, 4) is 0 Å². The minimum Gasteiger partial charge on any atom is -0.481 e. The van der Waals surface area contributed by atoms with Crippen LogP contribution in [0, 0.1) is 12.3 Å². The molecule has 1 unspecified atom stereocenters. The Hall–Kier alpha value is -2.57. The Kier molecular flexibility index (Phi) is 6.92. The Morgan fingerprint density at radius 2 is 1.74 bits per heavy atom. The Morgan fingerprint density at radius 3 is 2.32 bits per heavy atom. The summed E-state index contributed by atoms with van der Waals surface area (Å²) in [7, 11) is 0. The van der Waals surface area contributed by atoms with Crippen molar-refractivity contribution in [2.24, 2.45) is 5.41 Å². The van der Waals surface area contributed by atoms with Gasteiger partial charge >= 0.3 is 12.0 Å². The van der Waals surface area contributed by atoms with E-state index in [9.17, 15) is 19.5 Å². The Bertz CT molecular complexity index is 991. The van der Waals surface area contributed by atoms with E-state index < -0.39 is 11.4 Å². The van der Waals surface area contributed by atoms with Gasteiger partial charge in [-0.15, -0.1) is 0 Å². The number of Topliss-reactive ketones (excluding diaryl/α,β-unsaturated/α-hetero) is 1. The second-order valence-corrected chi connectivity index (χ2v) is 9.09. The molecule has 164 valence electrons. The van der Waals surface area contributed by atoms with Crippen molar-refractivity contribution >= 4 is 46.7 Å². The maximum atomic E-state index is 13.4. The molecule has 1 aliphatic heterocycles. The highest BCUT2D eigenvalue weighted by Gasteiger charge is 2.45. The summed E-state index contributed by atoms with van der Waals surface area (Å²) in [6.45, 7) is 3.85. The van der Waals surface area contributed by atoms with E-state index in [0.29, 0.717) is 21.3 Å². The fourth-order valence-electron chi connectivity index (χ4n) is 4.14. The van der Waals surface area contributed by atoms with Gasteiger partial charge in [0, 0.05) is 47.2 Å². The third kappa shape index (κ3) is 5.57. The lowest BCUT2D eigenvalue weighted by Crippen LogP contribution is -2.59. The minimum atomic E-state index is -1.01. The molecule has 1 saturated heterocycles.